The van der Waals surface area contributed by atoms with E-state index < -0.39 is 17.6 Å². The summed E-state index contributed by atoms with van der Waals surface area (Å²) in [6, 6.07) is 9.69. The fraction of sp³-hybridized carbons (Fsp3) is 0.667. The maximum Gasteiger partial charge on any atom is 0.500 e. The zero-order valence-electron chi connectivity index (χ0n) is 18.0. The number of nitrogens with one attached hydrogen (secondary N) is 2. The lowest BCUT2D eigenvalue weighted by Crippen LogP contribution is -2.43. The molecule has 0 bridgehead atoms. The Bertz CT molecular complexity index is 481. The van der Waals surface area contributed by atoms with Gasteiger partial charge in [0, 0.05) is 67.8 Å². The van der Waals surface area contributed by atoms with Crippen LogP contribution in [0.1, 0.15) is 12.8 Å². The smallest absolute Gasteiger partial charge is 0.383 e. The third-order valence-corrected chi connectivity index (χ3v) is 10.4. The van der Waals surface area contributed by atoms with Crippen molar-refractivity contribution in [2.24, 2.45) is 0 Å². The molecule has 0 saturated heterocycles. The molecule has 0 atom stereocenters. The lowest BCUT2D eigenvalue weighted by atomic mass is 10.2. The van der Waals surface area contributed by atoms with Crippen LogP contribution in [-0.2, 0) is 26.6 Å². The minimum absolute atomic E-state index is 0.761. The van der Waals surface area contributed by atoms with Gasteiger partial charge in [0.1, 0.15) is 0 Å². The molecular weight excluding hydrogens is 396 g/mol. The molecule has 2 N–H and O–H groups in total. The van der Waals surface area contributed by atoms with E-state index in [4.69, 9.17) is 26.6 Å². The van der Waals surface area contributed by atoms with Crippen LogP contribution < -0.4 is 10.6 Å². The summed E-state index contributed by atoms with van der Waals surface area (Å²) in [6.07, 6.45) is 1.78. The van der Waals surface area contributed by atoms with Crippen molar-refractivity contribution in [3.05, 3.63) is 24.3 Å². The molecule has 1 aromatic carbocycles. The largest absolute Gasteiger partial charge is 0.500 e. The van der Waals surface area contributed by atoms with Gasteiger partial charge >= 0.3 is 17.6 Å². The van der Waals surface area contributed by atoms with Gasteiger partial charge in [-0.3, -0.25) is 0 Å². The third kappa shape index (κ3) is 7.45. The molecule has 0 aliphatic carbocycles. The van der Waals surface area contributed by atoms with Crippen molar-refractivity contribution in [2.75, 3.05) is 66.4 Å². The van der Waals surface area contributed by atoms with Crippen LogP contribution >= 0.6 is 0 Å². The zero-order valence-corrected chi connectivity index (χ0v) is 20.0. The van der Waals surface area contributed by atoms with E-state index >= 15 is 0 Å². The number of rotatable bonds is 16. The summed E-state index contributed by atoms with van der Waals surface area (Å²) in [5.74, 6) is 0. The van der Waals surface area contributed by atoms with Crippen molar-refractivity contribution in [2.45, 2.75) is 24.9 Å². The molecule has 28 heavy (non-hydrogen) atoms. The lowest BCUT2D eigenvalue weighted by Gasteiger charge is -2.24. The summed E-state index contributed by atoms with van der Waals surface area (Å²) < 4.78 is 32.8. The molecule has 0 spiro atoms. The van der Waals surface area contributed by atoms with Gasteiger partial charge in [-0.1, -0.05) is 12.1 Å². The van der Waals surface area contributed by atoms with Gasteiger partial charge in [0.15, 0.2) is 0 Å². The quantitative estimate of drug-likeness (QED) is 0.305. The van der Waals surface area contributed by atoms with Crippen molar-refractivity contribution in [1.29, 1.82) is 0 Å². The van der Waals surface area contributed by atoms with Gasteiger partial charge in [-0.15, -0.1) is 0 Å². The second kappa shape index (κ2) is 13.3. The number of benzene rings is 1. The van der Waals surface area contributed by atoms with Crippen LogP contribution in [0.2, 0.25) is 12.1 Å². The van der Waals surface area contributed by atoms with Gasteiger partial charge in [0.05, 0.1) is 11.4 Å². The second-order valence-corrected chi connectivity index (χ2v) is 12.4. The highest BCUT2D eigenvalue weighted by Gasteiger charge is 2.37. The van der Waals surface area contributed by atoms with Crippen LogP contribution in [0.25, 0.3) is 0 Å². The summed E-state index contributed by atoms with van der Waals surface area (Å²) in [5.41, 5.74) is 2.13. The highest BCUT2D eigenvalue weighted by Crippen LogP contribution is 2.23. The number of hydrogen-bond donors (Lipinski definition) is 2. The second-order valence-electron chi connectivity index (χ2n) is 6.20. The van der Waals surface area contributed by atoms with Gasteiger partial charge < -0.3 is 37.2 Å². The van der Waals surface area contributed by atoms with Crippen molar-refractivity contribution < 1.29 is 26.6 Å². The van der Waals surface area contributed by atoms with Gasteiger partial charge in [-0.25, -0.2) is 0 Å². The van der Waals surface area contributed by atoms with Gasteiger partial charge in [-0.2, -0.15) is 0 Å². The first-order valence-corrected chi connectivity index (χ1v) is 13.3. The number of hydrogen-bond acceptors (Lipinski definition) is 8. The fourth-order valence-corrected chi connectivity index (χ4v) is 6.40. The molecular formula is C18H36N2O6Si2. The minimum Gasteiger partial charge on any atom is -0.383 e. The van der Waals surface area contributed by atoms with Gasteiger partial charge in [0.25, 0.3) is 0 Å². The summed E-state index contributed by atoms with van der Waals surface area (Å²) >= 11 is 0. The fourth-order valence-electron chi connectivity index (χ4n) is 2.96. The van der Waals surface area contributed by atoms with Crippen molar-refractivity contribution in [3.8, 4) is 0 Å². The van der Waals surface area contributed by atoms with Gasteiger partial charge in [0.2, 0.25) is 0 Å². The number of anilines is 2. The monoisotopic (exact) mass is 432 g/mol. The van der Waals surface area contributed by atoms with Crippen LogP contribution in [-0.4, -0.2) is 73.4 Å². The molecule has 162 valence electrons. The first-order chi connectivity index (χ1) is 13.5. The molecule has 1 rings (SSSR count). The van der Waals surface area contributed by atoms with Gasteiger partial charge in [-0.05, 0) is 25.0 Å². The maximum atomic E-state index is 5.46. The Morgan fingerprint density at radius 3 is 1.21 bits per heavy atom. The van der Waals surface area contributed by atoms with Crippen molar-refractivity contribution in [3.63, 3.8) is 0 Å². The molecule has 10 heteroatoms. The first kappa shape index (κ1) is 25.1. The first-order valence-electron chi connectivity index (χ1n) is 9.42. The Balaban J connectivity index is 2.48. The minimum atomic E-state index is -2.51. The lowest BCUT2D eigenvalue weighted by molar-refractivity contribution is 0.122. The van der Waals surface area contributed by atoms with E-state index in [0.717, 1.165) is 49.4 Å². The zero-order chi connectivity index (χ0) is 20.9. The summed E-state index contributed by atoms with van der Waals surface area (Å²) in [6.45, 7) is 1.60. The molecule has 0 aliphatic rings. The summed E-state index contributed by atoms with van der Waals surface area (Å²) in [7, 11) is 4.81. The normalized spacial score (nSPS) is 12.2. The standard InChI is InChI=1S/C18H36N2O6Si2/c1-21-27(22-2,23-3)15-9-13-19-17-11-7-8-12-18(17)20-14-10-16-28(24-4,25-5)26-6/h7-8,11-12,19-20H,9-10,13-16H2,1-6H3. The van der Waals surface area contributed by atoms with E-state index in [9.17, 15) is 0 Å². The third-order valence-electron chi connectivity index (χ3n) is 4.74. The van der Waals surface area contributed by atoms with Crippen LogP contribution in [0, 0.1) is 0 Å². The van der Waals surface area contributed by atoms with E-state index in [1.807, 2.05) is 12.1 Å². The Labute approximate surface area is 171 Å². The average Bonchev–Trinajstić information content (AvgIpc) is 2.76. The van der Waals surface area contributed by atoms with Crippen molar-refractivity contribution >= 4 is 29.0 Å². The summed E-state index contributed by atoms with van der Waals surface area (Å²) in [4.78, 5) is 0. The Kier molecular flexibility index (Phi) is 11.9. The molecule has 0 radical (unpaired) electrons. The molecule has 0 heterocycles. The molecule has 8 nitrogen and oxygen atoms in total. The van der Waals surface area contributed by atoms with E-state index in [2.05, 4.69) is 22.8 Å². The van der Waals surface area contributed by atoms with Crippen molar-refractivity contribution in [1.82, 2.24) is 0 Å². The van der Waals surface area contributed by atoms with Crippen LogP contribution in [0.4, 0.5) is 11.4 Å². The molecule has 0 unspecified atom stereocenters. The Morgan fingerprint density at radius 1 is 0.607 bits per heavy atom. The van der Waals surface area contributed by atoms with Crippen LogP contribution in [0.15, 0.2) is 24.3 Å². The number of para-hydroxylation sites is 2. The van der Waals surface area contributed by atoms with E-state index in [1.165, 1.54) is 0 Å². The Morgan fingerprint density at radius 2 is 0.929 bits per heavy atom. The topological polar surface area (TPSA) is 79.4 Å². The maximum absolute atomic E-state index is 5.46. The highest BCUT2D eigenvalue weighted by atomic mass is 28.4. The van der Waals surface area contributed by atoms with E-state index in [1.54, 1.807) is 42.7 Å². The predicted molar refractivity (Wildman–Crippen MR) is 116 cm³/mol. The molecule has 0 aliphatic heterocycles. The molecule has 0 aromatic heterocycles. The summed E-state index contributed by atoms with van der Waals surface area (Å²) in [5, 5.41) is 6.95. The highest BCUT2D eigenvalue weighted by molar-refractivity contribution is 6.60. The molecule has 0 saturated carbocycles. The molecule has 1 aromatic rings. The average molecular weight is 433 g/mol. The van der Waals surface area contributed by atoms with E-state index in [0.29, 0.717) is 0 Å². The SMILES string of the molecule is CO[Si](CCCNc1ccccc1NCCC[Si](OC)(OC)OC)(OC)OC. The van der Waals surface area contributed by atoms with Crippen LogP contribution in [0.3, 0.4) is 0 Å². The molecule has 0 amide bonds. The van der Waals surface area contributed by atoms with E-state index in [-0.39, 0.29) is 0 Å². The van der Waals surface area contributed by atoms with Crippen LogP contribution in [0.5, 0.6) is 0 Å². The Hall–Kier alpha value is -0.986. The molecule has 0 fully saturated rings. The predicted octanol–water partition coefficient (Wildman–Crippen LogP) is 3.05.